The normalized spacial score (nSPS) is 19.2. The first-order chi connectivity index (χ1) is 9.04. The van der Waals surface area contributed by atoms with Crippen LogP contribution < -0.4 is 5.32 Å². The summed E-state index contributed by atoms with van der Waals surface area (Å²) in [5.74, 6) is 0.335. The van der Waals surface area contributed by atoms with Crippen LogP contribution in [0.5, 0.6) is 0 Å². The van der Waals surface area contributed by atoms with E-state index in [2.05, 4.69) is 15.3 Å². The van der Waals surface area contributed by atoms with Crippen LogP contribution in [0.25, 0.3) is 0 Å². The molecule has 2 aromatic rings. The van der Waals surface area contributed by atoms with Gasteiger partial charge in [-0.3, -0.25) is 0 Å². The Morgan fingerprint density at radius 1 is 1.16 bits per heavy atom. The average molecular weight is 267 g/mol. The van der Waals surface area contributed by atoms with Crippen LogP contribution in [-0.4, -0.2) is 9.97 Å². The number of H-pyrrole nitrogens is 1. The molecule has 100 valence electrons. The van der Waals surface area contributed by atoms with E-state index in [1.165, 1.54) is 5.56 Å². The lowest BCUT2D eigenvalue weighted by atomic mass is 9.96. The molecule has 1 aromatic heterocycles. The Balaban J connectivity index is 1.83. The van der Waals surface area contributed by atoms with Gasteiger partial charge in [-0.15, -0.1) is 0 Å². The van der Waals surface area contributed by atoms with E-state index in [9.17, 15) is 13.2 Å². The highest BCUT2D eigenvalue weighted by Gasteiger charge is 2.34. The fourth-order valence-corrected chi connectivity index (χ4v) is 2.31. The summed E-state index contributed by atoms with van der Waals surface area (Å²) >= 11 is 0. The maximum atomic E-state index is 12.5. The average Bonchev–Trinajstić information content (AvgIpc) is 2.87. The second-order valence-corrected chi connectivity index (χ2v) is 4.59. The minimum Gasteiger partial charge on any atom is -0.337 e. The largest absolute Gasteiger partial charge is 0.432 e. The molecule has 1 atom stereocenters. The molecule has 0 saturated carbocycles. The summed E-state index contributed by atoms with van der Waals surface area (Å²) in [5, 5.41) is 3.20. The van der Waals surface area contributed by atoms with Crippen LogP contribution in [-0.2, 0) is 19.1 Å². The monoisotopic (exact) mass is 267 g/mol. The first-order valence-corrected chi connectivity index (χ1v) is 5.96. The van der Waals surface area contributed by atoms with Crippen molar-refractivity contribution < 1.29 is 13.2 Å². The number of nitrogens with zero attached hydrogens (tertiary/aromatic N) is 1. The van der Waals surface area contributed by atoms with E-state index in [1.807, 2.05) is 24.3 Å². The number of rotatable bonds is 1. The number of imidazole rings is 1. The Bertz CT molecular complexity index is 589. The van der Waals surface area contributed by atoms with E-state index in [-0.39, 0.29) is 6.04 Å². The van der Waals surface area contributed by atoms with Crippen molar-refractivity contribution in [2.75, 3.05) is 0 Å². The van der Waals surface area contributed by atoms with Gasteiger partial charge in [0.1, 0.15) is 11.5 Å². The third kappa shape index (κ3) is 2.35. The van der Waals surface area contributed by atoms with E-state index in [0.717, 1.165) is 11.8 Å². The summed E-state index contributed by atoms with van der Waals surface area (Å²) in [4.78, 5) is 6.20. The SMILES string of the molecule is FC(F)(F)c1cnc(C2Cc3ccccc3CN2)[nH]1. The van der Waals surface area contributed by atoms with Gasteiger partial charge in [0.25, 0.3) is 0 Å². The zero-order valence-corrected chi connectivity index (χ0v) is 9.96. The predicted molar refractivity (Wildman–Crippen MR) is 63.3 cm³/mol. The molecule has 3 nitrogen and oxygen atoms in total. The van der Waals surface area contributed by atoms with Gasteiger partial charge in [-0.2, -0.15) is 13.2 Å². The number of aromatic amines is 1. The summed E-state index contributed by atoms with van der Waals surface area (Å²) in [6.07, 6.45) is -2.89. The van der Waals surface area contributed by atoms with Gasteiger partial charge in [-0.1, -0.05) is 24.3 Å². The van der Waals surface area contributed by atoms with E-state index >= 15 is 0 Å². The standard InChI is InChI=1S/C13H12F3N3/c14-13(15,16)11-7-18-12(19-11)10-5-8-3-1-2-4-9(8)6-17-10/h1-4,7,10,17H,5-6H2,(H,18,19). The van der Waals surface area contributed by atoms with Gasteiger partial charge < -0.3 is 10.3 Å². The van der Waals surface area contributed by atoms with Gasteiger partial charge in [-0.25, -0.2) is 4.98 Å². The topological polar surface area (TPSA) is 40.7 Å². The van der Waals surface area contributed by atoms with E-state index in [4.69, 9.17) is 0 Å². The van der Waals surface area contributed by atoms with Crippen molar-refractivity contribution in [1.29, 1.82) is 0 Å². The second kappa shape index (κ2) is 4.38. The van der Waals surface area contributed by atoms with Crippen molar-refractivity contribution >= 4 is 0 Å². The summed E-state index contributed by atoms with van der Waals surface area (Å²) in [6, 6.07) is 7.70. The Hall–Kier alpha value is -1.82. The van der Waals surface area contributed by atoms with Gasteiger partial charge in [0, 0.05) is 6.54 Å². The Kier molecular flexibility index (Phi) is 2.82. The number of halogens is 3. The van der Waals surface area contributed by atoms with Crippen LogP contribution in [0.15, 0.2) is 30.5 Å². The zero-order valence-electron chi connectivity index (χ0n) is 9.96. The van der Waals surface area contributed by atoms with Crippen molar-refractivity contribution in [3.05, 3.63) is 53.1 Å². The predicted octanol–water partition coefficient (Wildman–Crippen LogP) is 2.82. The van der Waals surface area contributed by atoms with Crippen LogP contribution in [0.2, 0.25) is 0 Å². The summed E-state index contributed by atoms with van der Waals surface area (Å²) < 4.78 is 37.5. The molecule has 1 unspecified atom stereocenters. The number of fused-ring (bicyclic) bond motifs is 1. The third-order valence-corrected chi connectivity index (χ3v) is 3.31. The molecular weight excluding hydrogens is 255 g/mol. The highest BCUT2D eigenvalue weighted by Crippen LogP contribution is 2.30. The van der Waals surface area contributed by atoms with Crippen molar-refractivity contribution in [3.8, 4) is 0 Å². The molecule has 2 heterocycles. The molecule has 19 heavy (non-hydrogen) atoms. The van der Waals surface area contributed by atoms with Crippen molar-refractivity contribution in [2.24, 2.45) is 0 Å². The van der Waals surface area contributed by atoms with Crippen LogP contribution >= 0.6 is 0 Å². The van der Waals surface area contributed by atoms with E-state index in [0.29, 0.717) is 18.8 Å². The molecule has 0 spiro atoms. The van der Waals surface area contributed by atoms with Crippen molar-refractivity contribution in [3.63, 3.8) is 0 Å². The lowest BCUT2D eigenvalue weighted by molar-refractivity contribution is -0.141. The first kappa shape index (κ1) is 12.2. The molecule has 0 fully saturated rings. The lowest BCUT2D eigenvalue weighted by Gasteiger charge is -2.24. The molecule has 0 radical (unpaired) electrons. The van der Waals surface area contributed by atoms with Gasteiger partial charge in [-0.05, 0) is 17.5 Å². The number of hydrogen-bond donors (Lipinski definition) is 2. The molecule has 3 rings (SSSR count). The highest BCUT2D eigenvalue weighted by molar-refractivity contribution is 5.31. The number of hydrogen-bond acceptors (Lipinski definition) is 2. The number of alkyl halides is 3. The molecule has 0 saturated heterocycles. The molecule has 0 aliphatic carbocycles. The Labute approximate surface area is 107 Å². The fraction of sp³-hybridized carbons (Fsp3) is 0.308. The Morgan fingerprint density at radius 3 is 2.58 bits per heavy atom. The number of nitrogens with one attached hydrogen (secondary N) is 2. The van der Waals surface area contributed by atoms with Gasteiger partial charge in [0.2, 0.25) is 0 Å². The minimum atomic E-state index is -4.38. The maximum absolute atomic E-state index is 12.5. The molecule has 0 amide bonds. The second-order valence-electron chi connectivity index (χ2n) is 4.59. The third-order valence-electron chi connectivity index (χ3n) is 3.31. The van der Waals surface area contributed by atoms with Gasteiger partial charge in [0.05, 0.1) is 12.2 Å². The lowest BCUT2D eigenvalue weighted by Crippen LogP contribution is -2.29. The van der Waals surface area contributed by atoms with Crippen molar-refractivity contribution in [1.82, 2.24) is 15.3 Å². The molecule has 6 heteroatoms. The minimum absolute atomic E-state index is 0.203. The quantitative estimate of drug-likeness (QED) is 0.834. The smallest absolute Gasteiger partial charge is 0.337 e. The summed E-state index contributed by atoms with van der Waals surface area (Å²) in [6.45, 7) is 0.642. The van der Waals surface area contributed by atoms with E-state index < -0.39 is 11.9 Å². The molecule has 1 aliphatic rings. The molecular formula is C13H12F3N3. The van der Waals surface area contributed by atoms with Crippen LogP contribution in [0, 0.1) is 0 Å². The summed E-state index contributed by atoms with van der Waals surface area (Å²) in [7, 11) is 0. The summed E-state index contributed by atoms with van der Waals surface area (Å²) in [5.41, 5.74) is 1.53. The Morgan fingerprint density at radius 2 is 1.89 bits per heavy atom. The maximum Gasteiger partial charge on any atom is 0.432 e. The fourth-order valence-electron chi connectivity index (χ4n) is 2.31. The van der Waals surface area contributed by atoms with E-state index in [1.54, 1.807) is 0 Å². The first-order valence-electron chi connectivity index (χ1n) is 5.96. The van der Waals surface area contributed by atoms with Crippen LogP contribution in [0.4, 0.5) is 13.2 Å². The number of aromatic nitrogens is 2. The van der Waals surface area contributed by atoms with Crippen LogP contribution in [0.3, 0.4) is 0 Å². The zero-order chi connectivity index (χ0) is 13.5. The molecule has 1 aromatic carbocycles. The molecule has 0 bridgehead atoms. The van der Waals surface area contributed by atoms with Gasteiger partial charge >= 0.3 is 6.18 Å². The number of benzene rings is 1. The van der Waals surface area contributed by atoms with Gasteiger partial charge in [0.15, 0.2) is 0 Å². The van der Waals surface area contributed by atoms with Crippen molar-refractivity contribution in [2.45, 2.75) is 25.2 Å². The molecule has 2 N–H and O–H groups in total. The highest BCUT2D eigenvalue weighted by atomic mass is 19.4. The van der Waals surface area contributed by atoms with Crippen LogP contribution in [0.1, 0.15) is 28.7 Å². The molecule has 1 aliphatic heterocycles.